The van der Waals surface area contributed by atoms with E-state index in [9.17, 15) is 14.4 Å². The number of piperidine rings is 1. The van der Waals surface area contributed by atoms with Gasteiger partial charge in [0.2, 0.25) is 17.7 Å². The van der Waals surface area contributed by atoms with Crippen molar-refractivity contribution in [1.82, 2.24) is 14.7 Å². The molecule has 3 aliphatic rings. The maximum atomic E-state index is 12.2. The highest BCUT2D eigenvalue weighted by Gasteiger charge is 2.51. The second-order valence-corrected chi connectivity index (χ2v) is 6.19. The summed E-state index contributed by atoms with van der Waals surface area (Å²) in [4.78, 5) is 49.5. The Balaban J connectivity index is 0.000000595. The third-order valence-corrected chi connectivity index (χ3v) is 4.76. The molecule has 0 aromatic rings. The summed E-state index contributed by atoms with van der Waals surface area (Å²) >= 11 is 0. The van der Waals surface area contributed by atoms with Crippen LogP contribution in [-0.4, -0.2) is 83.8 Å². The zero-order valence-electron chi connectivity index (χ0n) is 13.3. The van der Waals surface area contributed by atoms with Gasteiger partial charge in [-0.05, 0) is 19.3 Å². The van der Waals surface area contributed by atoms with E-state index in [4.69, 9.17) is 9.90 Å². The van der Waals surface area contributed by atoms with Crippen LogP contribution in [0, 0.1) is 11.8 Å². The molecule has 23 heavy (non-hydrogen) atoms. The van der Waals surface area contributed by atoms with Crippen LogP contribution in [0.5, 0.6) is 0 Å². The summed E-state index contributed by atoms with van der Waals surface area (Å²) < 4.78 is 0. The van der Waals surface area contributed by atoms with Crippen molar-refractivity contribution in [2.24, 2.45) is 11.8 Å². The van der Waals surface area contributed by atoms with Crippen LogP contribution in [-0.2, 0) is 19.2 Å². The summed E-state index contributed by atoms with van der Waals surface area (Å²) in [7, 11) is 1.55. The van der Waals surface area contributed by atoms with Gasteiger partial charge in [0.25, 0.3) is 6.47 Å². The molecule has 0 radical (unpaired) electrons. The molecule has 0 spiro atoms. The average Bonchev–Trinajstić information content (AvgIpc) is 3.05. The lowest BCUT2D eigenvalue weighted by atomic mass is 10.00. The number of carbonyl (C=O) groups excluding carboxylic acids is 3. The summed E-state index contributed by atoms with van der Waals surface area (Å²) in [6.07, 6.45) is 3.37. The SMILES string of the molecule is CN1C(=O)[C@H]2CN(CC(=O)N3CCCCC3)C[C@H]2C1=O.O=CO. The Kier molecular flexibility index (Phi) is 5.70. The largest absolute Gasteiger partial charge is 0.483 e. The van der Waals surface area contributed by atoms with Crippen molar-refractivity contribution < 1.29 is 24.3 Å². The molecule has 0 aromatic heterocycles. The first-order chi connectivity index (χ1) is 11.0. The number of amides is 3. The maximum Gasteiger partial charge on any atom is 0.290 e. The summed E-state index contributed by atoms with van der Waals surface area (Å²) in [6, 6.07) is 0. The van der Waals surface area contributed by atoms with Crippen molar-refractivity contribution in [3.63, 3.8) is 0 Å². The summed E-state index contributed by atoms with van der Waals surface area (Å²) in [6.45, 7) is 2.87. The lowest BCUT2D eigenvalue weighted by Crippen LogP contribution is -2.43. The average molecular weight is 325 g/mol. The van der Waals surface area contributed by atoms with Crippen molar-refractivity contribution in [2.45, 2.75) is 19.3 Å². The first-order valence-corrected chi connectivity index (χ1v) is 7.89. The topological polar surface area (TPSA) is 98.2 Å². The highest BCUT2D eigenvalue weighted by molar-refractivity contribution is 6.05. The third kappa shape index (κ3) is 3.69. The van der Waals surface area contributed by atoms with Crippen molar-refractivity contribution in [1.29, 1.82) is 0 Å². The minimum atomic E-state index is -0.250. The molecule has 8 nitrogen and oxygen atoms in total. The Bertz CT molecular complexity index is 466. The molecule has 3 aliphatic heterocycles. The van der Waals surface area contributed by atoms with Crippen LogP contribution in [0.2, 0.25) is 0 Å². The smallest absolute Gasteiger partial charge is 0.290 e. The fourth-order valence-electron chi connectivity index (χ4n) is 3.56. The highest BCUT2D eigenvalue weighted by Crippen LogP contribution is 2.32. The Morgan fingerprint density at radius 2 is 1.61 bits per heavy atom. The number of rotatable bonds is 2. The van der Waals surface area contributed by atoms with Crippen molar-refractivity contribution >= 4 is 24.2 Å². The molecule has 0 saturated carbocycles. The van der Waals surface area contributed by atoms with Gasteiger partial charge in [0.05, 0.1) is 18.4 Å². The third-order valence-electron chi connectivity index (χ3n) is 4.76. The maximum absolute atomic E-state index is 12.2. The normalized spacial score (nSPS) is 27.5. The van der Waals surface area contributed by atoms with Gasteiger partial charge in [-0.1, -0.05) is 0 Å². The number of fused-ring (bicyclic) bond motifs is 1. The van der Waals surface area contributed by atoms with E-state index in [1.807, 2.05) is 9.80 Å². The first-order valence-electron chi connectivity index (χ1n) is 7.89. The standard InChI is InChI=1S/C14H21N3O3.CH2O2/c1-15-13(19)10-7-16(8-11(10)14(15)20)9-12(18)17-5-3-2-4-6-17;2-1-3/h10-11H,2-9H2,1H3;1H,(H,2,3)/t10-,11+;. The summed E-state index contributed by atoms with van der Waals surface area (Å²) in [5.74, 6) is -0.512. The molecule has 0 aliphatic carbocycles. The quantitative estimate of drug-likeness (QED) is 0.530. The zero-order valence-corrected chi connectivity index (χ0v) is 13.3. The number of nitrogens with zero attached hydrogens (tertiary/aromatic N) is 3. The Morgan fingerprint density at radius 1 is 1.13 bits per heavy atom. The lowest BCUT2D eigenvalue weighted by Gasteiger charge is -2.28. The molecule has 128 valence electrons. The number of carbonyl (C=O) groups is 4. The molecule has 0 unspecified atom stereocenters. The van der Waals surface area contributed by atoms with Gasteiger partial charge in [-0.3, -0.25) is 29.0 Å². The predicted molar refractivity (Wildman–Crippen MR) is 80.3 cm³/mol. The monoisotopic (exact) mass is 325 g/mol. The minimum absolute atomic E-state index is 0.0899. The van der Waals surface area contributed by atoms with Crippen LogP contribution < -0.4 is 0 Å². The molecule has 1 N–H and O–H groups in total. The Morgan fingerprint density at radius 3 is 2.09 bits per heavy atom. The van der Waals surface area contributed by atoms with Gasteiger partial charge in [0.15, 0.2) is 0 Å². The van der Waals surface area contributed by atoms with E-state index in [0.29, 0.717) is 19.6 Å². The summed E-state index contributed by atoms with van der Waals surface area (Å²) in [5.41, 5.74) is 0. The first kappa shape index (κ1) is 17.4. The molecule has 0 aromatic carbocycles. The van der Waals surface area contributed by atoms with Crippen molar-refractivity contribution in [3.8, 4) is 0 Å². The zero-order chi connectivity index (χ0) is 17.0. The van der Waals surface area contributed by atoms with Crippen LogP contribution in [0.15, 0.2) is 0 Å². The fraction of sp³-hybridized carbons (Fsp3) is 0.733. The lowest BCUT2D eigenvalue weighted by molar-refractivity contribution is -0.140. The molecule has 2 atom stereocenters. The molecule has 3 heterocycles. The fourth-order valence-corrected chi connectivity index (χ4v) is 3.56. The van der Waals surface area contributed by atoms with E-state index in [0.717, 1.165) is 25.9 Å². The van der Waals surface area contributed by atoms with Crippen LogP contribution in [0.4, 0.5) is 0 Å². The number of hydrogen-bond acceptors (Lipinski definition) is 5. The van der Waals surface area contributed by atoms with Gasteiger partial charge in [-0.25, -0.2) is 0 Å². The Hall–Kier alpha value is -1.96. The van der Waals surface area contributed by atoms with E-state index in [1.165, 1.54) is 11.3 Å². The molecule has 3 saturated heterocycles. The number of carboxylic acid groups (broad SMARTS) is 1. The van der Waals surface area contributed by atoms with E-state index in [1.54, 1.807) is 7.05 Å². The van der Waals surface area contributed by atoms with Gasteiger partial charge in [-0.2, -0.15) is 0 Å². The van der Waals surface area contributed by atoms with Gasteiger partial charge in [0.1, 0.15) is 0 Å². The number of imide groups is 1. The Labute approximate surface area is 135 Å². The van der Waals surface area contributed by atoms with Crippen LogP contribution in [0.3, 0.4) is 0 Å². The van der Waals surface area contributed by atoms with Crippen LogP contribution in [0.1, 0.15) is 19.3 Å². The van der Waals surface area contributed by atoms with Gasteiger partial charge in [-0.15, -0.1) is 0 Å². The molecule has 3 amide bonds. The molecular weight excluding hydrogens is 302 g/mol. The predicted octanol–water partition coefficient (Wildman–Crippen LogP) is -0.754. The number of likely N-dealkylation sites (tertiary alicyclic amines) is 3. The molecule has 8 heteroatoms. The van der Waals surface area contributed by atoms with Crippen LogP contribution in [0.25, 0.3) is 0 Å². The second-order valence-electron chi connectivity index (χ2n) is 6.19. The van der Waals surface area contributed by atoms with E-state index in [-0.39, 0.29) is 36.0 Å². The summed E-state index contributed by atoms with van der Waals surface area (Å²) in [5, 5.41) is 6.89. The number of hydrogen-bond donors (Lipinski definition) is 1. The molecule has 0 bridgehead atoms. The molecule has 3 rings (SSSR count). The molecule has 3 fully saturated rings. The minimum Gasteiger partial charge on any atom is -0.483 e. The van der Waals surface area contributed by atoms with Crippen molar-refractivity contribution in [2.75, 3.05) is 39.8 Å². The van der Waals surface area contributed by atoms with E-state index < -0.39 is 0 Å². The highest BCUT2D eigenvalue weighted by atomic mass is 16.3. The van der Waals surface area contributed by atoms with Crippen molar-refractivity contribution in [3.05, 3.63) is 0 Å². The van der Waals surface area contributed by atoms with Crippen LogP contribution >= 0.6 is 0 Å². The van der Waals surface area contributed by atoms with E-state index in [2.05, 4.69) is 0 Å². The van der Waals surface area contributed by atoms with Gasteiger partial charge in [0, 0.05) is 33.2 Å². The second kappa shape index (κ2) is 7.54. The van der Waals surface area contributed by atoms with Gasteiger partial charge >= 0.3 is 0 Å². The van der Waals surface area contributed by atoms with Gasteiger partial charge < -0.3 is 10.0 Å². The van der Waals surface area contributed by atoms with E-state index >= 15 is 0 Å². The molecular formula is C15H23N3O5.